The first-order chi connectivity index (χ1) is 20.2. The monoisotopic (exact) mass is 646 g/mol. The molecule has 0 unspecified atom stereocenters. The minimum Gasteiger partial charge on any atom is -0.348 e. The van der Waals surface area contributed by atoms with Crippen LogP contribution >= 0.6 is 23.2 Å². The summed E-state index contributed by atoms with van der Waals surface area (Å²) >= 11 is 12.2. The fourth-order valence-electron chi connectivity index (χ4n) is 4.47. The second-order valence-corrected chi connectivity index (χ2v) is 13.6. The van der Waals surface area contributed by atoms with Crippen LogP contribution in [0.2, 0.25) is 10.0 Å². The van der Waals surface area contributed by atoms with Gasteiger partial charge in [-0.05, 0) is 66.6 Å². The number of nitrogens with two attached hydrogens (primary N) is 1. The highest BCUT2D eigenvalue weighted by Gasteiger charge is 2.26. The van der Waals surface area contributed by atoms with Crippen molar-refractivity contribution in [1.82, 2.24) is 9.88 Å². The van der Waals surface area contributed by atoms with E-state index in [0.29, 0.717) is 30.0 Å². The number of amides is 2. The minimum atomic E-state index is -3.47. The fraction of sp³-hybridized carbons (Fsp3) is 0.323. The Morgan fingerprint density at radius 1 is 1.05 bits per heavy atom. The summed E-state index contributed by atoms with van der Waals surface area (Å²) in [6, 6.07) is 11.8. The van der Waals surface area contributed by atoms with Gasteiger partial charge in [0.2, 0.25) is 5.91 Å². The van der Waals surface area contributed by atoms with E-state index in [1.807, 2.05) is 38.1 Å². The van der Waals surface area contributed by atoms with Gasteiger partial charge in [-0.25, -0.2) is 8.42 Å². The Hall–Kier alpha value is -3.44. The summed E-state index contributed by atoms with van der Waals surface area (Å²) in [5, 5.41) is 7.05. The molecule has 2 amide bonds. The van der Waals surface area contributed by atoms with Crippen molar-refractivity contribution in [2.24, 2.45) is 11.7 Å². The van der Waals surface area contributed by atoms with Gasteiger partial charge in [-0.2, -0.15) is 0 Å². The molecule has 0 aliphatic heterocycles. The molecule has 1 aromatic heterocycles. The van der Waals surface area contributed by atoms with Gasteiger partial charge < -0.3 is 20.9 Å². The Morgan fingerprint density at radius 3 is 2.30 bits per heavy atom. The lowest BCUT2D eigenvalue weighted by Gasteiger charge is -2.25. The van der Waals surface area contributed by atoms with Crippen molar-refractivity contribution in [1.29, 1.82) is 0 Å². The first-order valence-electron chi connectivity index (χ1n) is 13.6. The molecule has 4 N–H and O–H groups in total. The molecule has 0 bridgehead atoms. The van der Waals surface area contributed by atoms with Gasteiger partial charge in [-0.1, -0.05) is 67.4 Å². The average molecular weight is 648 g/mol. The molecular weight excluding hydrogens is 611 g/mol. The van der Waals surface area contributed by atoms with E-state index in [4.69, 9.17) is 28.9 Å². The third-order valence-corrected chi connectivity index (χ3v) is 7.75. The van der Waals surface area contributed by atoms with Crippen LogP contribution in [0.4, 0.5) is 5.69 Å². The number of nitrogens with one attached hydrogen (secondary N) is 2. The molecule has 0 saturated heterocycles. The number of sulfone groups is 1. The van der Waals surface area contributed by atoms with Gasteiger partial charge in [0.15, 0.2) is 9.84 Å². The van der Waals surface area contributed by atoms with Crippen LogP contribution in [0, 0.1) is 12.8 Å². The number of aromatic nitrogens is 1. The number of rotatable bonds is 12. The topological polar surface area (TPSA) is 140 Å². The maximum atomic E-state index is 13.8. The zero-order valence-electron chi connectivity index (χ0n) is 24.4. The first kappa shape index (κ1) is 34.1. The summed E-state index contributed by atoms with van der Waals surface area (Å²) in [6.45, 7) is 5.96. The highest BCUT2D eigenvalue weighted by molar-refractivity contribution is 7.93. The number of hydrogen-bond donors (Lipinski definition) is 3. The van der Waals surface area contributed by atoms with Gasteiger partial charge in [0.05, 0.1) is 16.6 Å². The van der Waals surface area contributed by atoms with Crippen molar-refractivity contribution in [3.05, 3.63) is 109 Å². The number of nitrogens with zero attached hydrogens (tertiary/aromatic N) is 1. The molecule has 2 aromatic carbocycles. The Labute approximate surface area is 262 Å². The zero-order chi connectivity index (χ0) is 31.9. The van der Waals surface area contributed by atoms with Gasteiger partial charge in [-0.3, -0.25) is 14.4 Å². The lowest BCUT2D eigenvalue weighted by atomic mass is 10.0. The Bertz CT molecular complexity index is 1670. The molecule has 230 valence electrons. The smallest absolute Gasteiger partial charge is 0.275 e. The molecule has 2 atom stereocenters. The lowest BCUT2D eigenvalue weighted by molar-refractivity contribution is -0.125. The molecule has 0 saturated carbocycles. The van der Waals surface area contributed by atoms with Crippen molar-refractivity contribution in [3.8, 4) is 0 Å². The van der Waals surface area contributed by atoms with Crippen molar-refractivity contribution in [3.63, 3.8) is 0 Å². The highest BCUT2D eigenvalue weighted by atomic mass is 35.5. The number of halogens is 2. The van der Waals surface area contributed by atoms with Gasteiger partial charge in [0, 0.05) is 29.4 Å². The van der Waals surface area contributed by atoms with Crippen molar-refractivity contribution < 1.29 is 18.0 Å². The average Bonchev–Trinajstić information content (AvgIpc) is 2.93. The Morgan fingerprint density at radius 2 is 1.70 bits per heavy atom. The van der Waals surface area contributed by atoms with E-state index in [0.717, 1.165) is 22.8 Å². The van der Waals surface area contributed by atoms with Crippen LogP contribution in [0.3, 0.4) is 0 Å². The zero-order valence-corrected chi connectivity index (χ0v) is 26.8. The maximum absolute atomic E-state index is 13.8. The van der Waals surface area contributed by atoms with Crippen LogP contribution in [0.5, 0.6) is 0 Å². The Kier molecular flexibility index (Phi) is 11.7. The quantitative estimate of drug-likeness (QED) is 0.252. The van der Waals surface area contributed by atoms with Crippen molar-refractivity contribution >= 4 is 50.5 Å². The van der Waals surface area contributed by atoms with E-state index in [9.17, 15) is 22.8 Å². The van der Waals surface area contributed by atoms with Crippen LogP contribution in [0.15, 0.2) is 71.0 Å². The van der Waals surface area contributed by atoms with E-state index in [-0.39, 0.29) is 22.2 Å². The van der Waals surface area contributed by atoms with Crippen LogP contribution < -0.4 is 21.9 Å². The number of anilines is 1. The van der Waals surface area contributed by atoms with Crippen LogP contribution in [-0.2, 0) is 27.6 Å². The molecule has 1 heterocycles. The lowest BCUT2D eigenvalue weighted by Crippen LogP contribution is -2.43. The molecule has 0 aliphatic rings. The largest absolute Gasteiger partial charge is 0.348 e. The third kappa shape index (κ3) is 10.1. The summed E-state index contributed by atoms with van der Waals surface area (Å²) in [7, 11) is -3.47. The van der Waals surface area contributed by atoms with Crippen LogP contribution in [0.25, 0.3) is 0 Å². The number of carbonyl (C=O) groups is 2. The molecule has 0 radical (unpaired) electrons. The normalized spacial score (nSPS) is 13.2. The molecule has 0 aliphatic carbocycles. The summed E-state index contributed by atoms with van der Waals surface area (Å²) in [5.41, 5.74) is 7.60. The molecule has 43 heavy (non-hydrogen) atoms. The molecular formula is C31H36Cl2N4O5S. The van der Waals surface area contributed by atoms with Gasteiger partial charge in [0.25, 0.3) is 11.5 Å². The molecule has 3 rings (SSSR count). The predicted octanol–water partition coefficient (Wildman–Crippen LogP) is 5.05. The number of hydrogen-bond acceptors (Lipinski definition) is 6. The number of pyridine rings is 1. The van der Waals surface area contributed by atoms with E-state index < -0.39 is 39.3 Å². The summed E-state index contributed by atoms with van der Waals surface area (Å²) in [4.78, 5) is 40.5. The number of carbonyl (C=O) groups excluding carboxylic acids is 2. The minimum absolute atomic E-state index is 0.0142. The molecule has 9 nitrogen and oxygen atoms in total. The Balaban J connectivity index is 1.97. The second kappa shape index (κ2) is 14.8. The van der Waals surface area contributed by atoms with Crippen molar-refractivity contribution in [2.75, 3.05) is 11.6 Å². The van der Waals surface area contributed by atoms with E-state index in [2.05, 4.69) is 10.6 Å². The molecule has 0 fully saturated rings. The third-order valence-electron chi connectivity index (χ3n) is 6.53. The summed E-state index contributed by atoms with van der Waals surface area (Å²) in [5.74, 6) is -1.09. The standard InChI is InChI=1S/C31H36Cl2N4O5S/c1-19(2)13-28(30(39)35-24(11-12-43(4,41)42)15-21-5-7-22(17-34)8-6-21)37-18-20(3)14-27(31(37)40)36-29(38)25-16-23(32)9-10-26(25)33/h5-12,14,16,18-19,24,28H,13,15,17,34H2,1-4H3,(H,35,39)(H,36,38)/b12-11+/t24-,28-/m1/s1. The molecule has 0 spiro atoms. The van der Waals surface area contributed by atoms with Gasteiger partial charge in [0.1, 0.15) is 11.7 Å². The van der Waals surface area contributed by atoms with Gasteiger partial charge >= 0.3 is 0 Å². The van der Waals surface area contributed by atoms with E-state index >= 15 is 0 Å². The van der Waals surface area contributed by atoms with Crippen molar-refractivity contribution in [2.45, 2.75) is 52.2 Å². The number of benzene rings is 2. The van der Waals surface area contributed by atoms with Gasteiger partial charge in [-0.15, -0.1) is 0 Å². The summed E-state index contributed by atoms with van der Waals surface area (Å²) in [6.07, 6.45) is 4.66. The van der Waals surface area contributed by atoms with E-state index in [1.165, 1.54) is 28.8 Å². The van der Waals surface area contributed by atoms with E-state index in [1.54, 1.807) is 19.2 Å². The number of aryl methyl sites for hydroxylation is 1. The molecule has 12 heteroatoms. The summed E-state index contributed by atoms with van der Waals surface area (Å²) < 4.78 is 25.1. The highest BCUT2D eigenvalue weighted by Crippen LogP contribution is 2.23. The van der Waals surface area contributed by atoms with Crippen LogP contribution in [0.1, 0.15) is 53.4 Å². The molecule has 3 aromatic rings. The fourth-order valence-corrected chi connectivity index (χ4v) is 5.32. The first-order valence-corrected chi connectivity index (χ1v) is 16.3. The predicted molar refractivity (Wildman–Crippen MR) is 172 cm³/mol. The van der Waals surface area contributed by atoms with Crippen LogP contribution in [-0.4, -0.2) is 37.1 Å². The SMILES string of the molecule is Cc1cc(NC(=O)c2cc(Cl)ccc2Cl)c(=O)n([C@H](CC(C)C)C(=O)N[C@H](/C=C/S(C)(=O)=O)Cc2ccc(CN)cc2)c1. The maximum Gasteiger partial charge on any atom is 0.275 e. The second-order valence-electron chi connectivity index (χ2n) is 10.9.